The van der Waals surface area contributed by atoms with Crippen molar-refractivity contribution in [3.63, 3.8) is 0 Å². The van der Waals surface area contributed by atoms with E-state index in [1.807, 2.05) is 13.8 Å². The molecule has 0 radical (unpaired) electrons. The molecule has 0 aliphatic carbocycles. The van der Waals surface area contributed by atoms with E-state index in [1.165, 1.54) is 12.1 Å². The maximum absolute atomic E-state index is 12.1. The van der Waals surface area contributed by atoms with Crippen LogP contribution in [0, 0.1) is 0 Å². The second-order valence-electron chi connectivity index (χ2n) is 4.86. The number of amides is 1. The van der Waals surface area contributed by atoms with Crippen LogP contribution in [0.3, 0.4) is 0 Å². The van der Waals surface area contributed by atoms with Crippen molar-refractivity contribution in [2.75, 3.05) is 0 Å². The van der Waals surface area contributed by atoms with Gasteiger partial charge in [-0.25, -0.2) is 0 Å². The molecule has 2 rings (SSSR count). The van der Waals surface area contributed by atoms with Gasteiger partial charge in [-0.05, 0) is 50.2 Å². The predicted octanol–water partition coefficient (Wildman–Crippen LogP) is 3.95. The van der Waals surface area contributed by atoms with Crippen LogP contribution in [-0.4, -0.2) is 17.1 Å². The summed E-state index contributed by atoms with van der Waals surface area (Å²) in [6.45, 7) is 3.80. The van der Waals surface area contributed by atoms with Gasteiger partial charge in [0.2, 0.25) is 0 Å². The summed E-state index contributed by atoms with van der Waals surface area (Å²) in [7, 11) is 0. The van der Waals surface area contributed by atoms with Crippen LogP contribution in [0.4, 0.5) is 11.4 Å². The third-order valence-electron chi connectivity index (χ3n) is 2.69. The lowest BCUT2D eigenvalue weighted by molar-refractivity contribution is 0.0944. The molecular weight excluding hydrogens is 266 g/mol. The number of nitrogens with zero attached hydrogens (tertiary/aromatic N) is 2. The highest BCUT2D eigenvalue weighted by atomic mass is 16.3. The molecule has 0 bridgehead atoms. The van der Waals surface area contributed by atoms with Crippen LogP contribution < -0.4 is 5.32 Å². The maximum Gasteiger partial charge on any atom is 0.253 e. The molecule has 0 aliphatic heterocycles. The van der Waals surface area contributed by atoms with Gasteiger partial charge >= 0.3 is 0 Å². The van der Waals surface area contributed by atoms with E-state index >= 15 is 0 Å². The van der Waals surface area contributed by atoms with E-state index in [0.717, 1.165) is 0 Å². The SMILES string of the molecule is CC(C)NC(=O)c1ccccc1N=Nc1ccc(O)cc1. The monoisotopic (exact) mass is 283 g/mol. The minimum absolute atomic E-state index is 0.0552. The second kappa shape index (κ2) is 6.65. The summed E-state index contributed by atoms with van der Waals surface area (Å²) in [6.07, 6.45) is 0. The zero-order valence-electron chi connectivity index (χ0n) is 11.9. The third kappa shape index (κ3) is 4.14. The highest BCUT2D eigenvalue weighted by Gasteiger charge is 2.11. The van der Waals surface area contributed by atoms with Gasteiger partial charge in [0, 0.05) is 6.04 Å². The molecule has 108 valence electrons. The number of phenolic OH excluding ortho intramolecular Hbond substituents is 1. The Labute approximate surface area is 123 Å². The topological polar surface area (TPSA) is 74.0 Å². The summed E-state index contributed by atoms with van der Waals surface area (Å²) < 4.78 is 0. The van der Waals surface area contributed by atoms with Crippen molar-refractivity contribution < 1.29 is 9.90 Å². The Morgan fingerprint density at radius 2 is 1.71 bits per heavy atom. The van der Waals surface area contributed by atoms with E-state index in [1.54, 1.807) is 36.4 Å². The fourth-order valence-corrected chi connectivity index (χ4v) is 1.72. The van der Waals surface area contributed by atoms with E-state index in [4.69, 9.17) is 0 Å². The Balaban J connectivity index is 2.24. The van der Waals surface area contributed by atoms with Crippen LogP contribution >= 0.6 is 0 Å². The summed E-state index contributed by atoms with van der Waals surface area (Å²) >= 11 is 0. The first-order chi connectivity index (χ1) is 10.1. The van der Waals surface area contributed by atoms with Crippen molar-refractivity contribution in [1.29, 1.82) is 0 Å². The van der Waals surface area contributed by atoms with Gasteiger partial charge in [0.05, 0.1) is 16.9 Å². The molecule has 0 atom stereocenters. The van der Waals surface area contributed by atoms with Gasteiger partial charge in [0.15, 0.2) is 0 Å². The van der Waals surface area contributed by atoms with Crippen LogP contribution in [0.2, 0.25) is 0 Å². The lowest BCUT2D eigenvalue weighted by Gasteiger charge is -2.09. The zero-order chi connectivity index (χ0) is 15.2. The van der Waals surface area contributed by atoms with E-state index in [9.17, 15) is 9.90 Å². The Bertz CT molecular complexity index is 649. The van der Waals surface area contributed by atoms with Gasteiger partial charge in [0.25, 0.3) is 5.91 Å². The Morgan fingerprint density at radius 3 is 2.38 bits per heavy atom. The predicted molar refractivity (Wildman–Crippen MR) is 81.3 cm³/mol. The van der Waals surface area contributed by atoms with Crippen molar-refractivity contribution in [1.82, 2.24) is 5.32 Å². The number of hydrogen-bond acceptors (Lipinski definition) is 4. The number of carbonyl (C=O) groups excluding carboxylic acids is 1. The van der Waals surface area contributed by atoms with E-state index < -0.39 is 0 Å². The van der Waals surface area contributed by atoms with Crippen LogP contribution in [0.5, 0.6) is 5.75 Å². The van der Waals surface area contributed by atoms with Crippen LogP contribution in [0.25, 0.3) is 0 Å². The number of phenols is 1. The third-order valence-corrected chi connectivity index (χ3v) is 2.69. The lowest BCUT2D eigenvalue weighted by Crippen LogP contribution is -2.30. The molecule has 2 N–H and O–H groups in total. The molecule has 2 aromatic carbocycles. The molecule has 0 aromatic heterocycles. The van der Waals surface area contributed by atoms with Gasteiger partial charge < -0.3 is 10.4 Å². The van der Waals surface area contributed by atoms with Gasteiger partial charge in [-0.3, -0.25) is 4.79 Å². The molecule has 0 spiro atoms. The highest BCUT2D eigenvalue weighted by Crippen LogP contribution is 2.23. The molecule has 1 amide bonds. The van der Waals surface area contributed by atoms with E-state index in [2.05, 4.69) is 15.5 Å². The molecule has 2 aromatic rings. The first-order valence-corrected chi connectivity index (χ1v) is 6.67. The van der Waals surface area contributed by atoms with Crippen molar-refractivity contribution >= 4 is 17.3 Å². The zero-order valence-corrected chi connectivity index (χ0v) is 11.9. The number of hydrogen-bond donors (Lipinski definition) is 2. The number of aromatic hydroxyl groups is 1. The molecule has 0 saturated heterocycles. The molecule has 0 heterocycles. The molecule has 0 fully saturated rings. The van der Waals surface area contributed by atoms with Crippen molar-refractivity contribution in [3.05, 3.63) is 54.1 Å². The van der Waals surface area contributed by atoms with Crippen molar-refractivity contribution in [2.24, 2.45) is 10.2 Å². The Morgan fingerprint density at radius 1 is 1.05 bits per heavy atom. The average molecular weight is 283 g/mol. The van der Waals surface area contributed by atoms with Crippen LogP contribution in [0.1, 0.15) is 24.2 Å². The van der Waals surface area contributed by atoms with Crippen molar-refractivity contribution in [2.45, 2.75) is 19.9 Å². The minimum atomic E-state index is -0.176. The molecule has 5 nitrogen and oxygen atoms in total. The Hall–Kier alpha value is -2.69. The van der Waals surface area contributed by atoms with Crippen LogP contribution in [-0.2, 0) is 0 Å². The molecule has 0 saturated carbocycles. The first-order valence-electron chi connectivity index (χ1n) is 6.67. The number of nitrogens with one attached hydrogen (secondary N) is 1. The minimum Gasteiger partial charge on any atom is -0.508 e. The molecule has 5 heteroatoms. The van der Waals surface area contributed by atoms with E-state index in [0.29, 0.717) is 16.9 Å². The highest BCUT2D eigenvalue weighted by molar-refractivity contribution is 5.99. The molecular formula is C16H17N3O2. The summed E-state index contributed by atoms with van der Waals surface area (Å²) in [6, 6.07) is 13.5. The van der Waals surface area contributed by atoms with Gasteiger partial charge in [-0.15, -0.1) is 5.11 Å². The largest absolute Gasteiger partial charge is 0.508 e. The standard InChI is InChI=1S/C16H17N3O2/c1-11(2)17-16(21)14-5-3-4-6-15(14)19-18-12-7-9-13(20)10-8-12/h3-11,20H,1-2H3,(H,17,21). The quantitative estimate of drug-likeness (QED) is 0.834. The molecule has 21 heavy (non-hydrogen) atoms. The normalized spacial score (nSPS) is 11.0. The van der Waals surface area contributed by atoms with Gasteiger partial charge in [0.1, 0.15) is 5.75 Å². The Kier molecular flexibility index (Phi) is 4.66. The smallest absolute Gasteiger partial charge is 0.253 e. The number of benzene rings is 2. The van der Waals surface area contributed by atoms with Crippen molar-refractivity contribution in [3.8, 4) is 5.75 Å². The molecule has 0 unspecified atom stereocenters. The summed E-state index contributed by atoms with van der Waals surface area (Å²) in [5.74, 6) is -0.00378. The fraction of sp³-hybridized carbons (Fsp3) is 0.188. The number of azo groups is 1. The van der Waals surface area contributed by atoms with E-state index in [-0.39, 0.29) is 17.7 Å². The average Bonchev–Trinajstić information content (AvgIpc) is 2.46. The maximum atomic E-state index is 12.1. The van der Waals surface area contributed by atoms with Gasteiger partial charge in [-0.1, -0.05) is 12.1 Å². The number of carbonyl (C=O) groups is 1. The summed E-state index contributed by atoms with van der Waals surface area (Å²) in [5, 5.41) is 20.2. The van der Waals surface area contributed by atoms with Crippen LogP contribution in [0.15, 0.2) is 58.8 Å². The molecule has 0 aliphatic rings. The summed E-state index contributed by atoms with van der Waals surface area (Å²) in [5.41, 5.74) is 1.59. The number of rotatable bonds is 4. The first kappa shape index (κ1) is 14.7. The summed E-state index contributed by atoms with van der Waals surface area (Å²) in [4.78, 5) is 12.1. The fourth-order valence-electron chi connectivity index (χ4n) is 1.72. The second-order valence-corrected chi connectivity index (χ2v) is 4.86. The lowest BCUT2D eigenvalue weighted by atomic mass is 10.1. The van der Waals surface area contributed by atoms with Gasteiger partial charge in [-0.2, -0.15) is 5.11 Å².